The molecule has 0 saturated carbocycles. The number of amides is 1. The molecule has 2 aromatic rings. The minimum absolute atomic E-state index is 0.000516. The fourth-order valence-electron chi connectivity index (χ4n) is 2.19. The number of nitrogens with one attached hydrogen (secondary N) is 2. The maximum absolute atomic E-state index is 13.1. The second kappa shape index (κ2) is 6.36. The lowest BCUT2D eigenvalue weighted by Gasteiger charge is -2.24. The summed E-state index contributed by atoms with van der Waals surface area (Å²) >= 11 is 11.9. The van der Waals surface area contributed by atoms with E-state index in [1.54, 1.807) is 0 Å². The van der Waals surface area contributed by atoms with E-state index in [0.29, 0.717) is 0 Å². The Kier molecular flexibility index (Phi) is 4.52. The van der Waals surface area contributed by atoms with E-state index in [-0.39, 0.29) is 38.0 Å². The maximum Gasteiger partial charge on any atom is 0.265 e. The predicted octanol–water partition coefficient (Wildman–Crippen LogP) is 3.65. The van der Waals surface area contributed by atoms with Crippen LogP contribution < -0.4 is 14.8 Å². The molecule has 0 bridgehead atoms. The van der Waals surface area contributed by atoms with Crippen LogP contribution in [0.25, 0.3) is 0 Å². The van der Waals surface area contributed by atoms with Crippen LogP contribution in [0.15, 0.2) is 35.2 Å². The normalized spacial score (nSPS) is 16.6. The minimum Gasteiger partial charge on any atom is -0.479 e. The first-order valence-electron chi connectivity index (χ1n) is 6.96. The van der Waals surface area contributed by atoms with Crippen molar-refractivity contribution in [2.45, 2.75) is 17.9 Å². The summed E-state index contributed by atoms with van der Waals surface area (Å²) in [5.41, 5.74) is 0.270. The van der Waals surface area contributed by atoms with Crippen LogP contribution in [0.3, 0.4) is 0 Å². The molecular formula is C15H11Cl2FN2O4S. The lowest BCUT2D eigenvalue weighted by Crippen LogP contribution is -2.34. The predicted molar refractivity (Wildman–Crippen MR) is 92.4 cm³/mol. The zero-order valence-electron chi connectivity index (χ0n) is 12.6. The number of ether oxygens (including phenoxy) is 1. The van der Waals surface area contributed by atoms with Crippen LogP contribution in [0, 0.1) is 5.82 Å². The van der Waals surface area contributed by atoms with Crippen molar-refractivity contribution in [3.63, 3.8) is 0 Å². The van der Waals surface area contributed by atoms with Gasteiger partial charge in [-0.1, -0.05) is 23.2 Å². The summed E-state index contributed by atoms with van der Waals surface area (Å²) in [5, 5.41) is 2.34. The second-order valence-electron chi connectivity index (χ2n) is 5.26. The van der Waals surface area contributed by atoms with Crippen LogP contribution in [0.5, 0.6) is 5.75 Å². The van der Waals surface area contributed by atoms with Crippen molar-refractivity contribution in [2.24, 2.45) is 0 Å². The van der Waals surface area contributed by atoms with Gasteiger partial charge in [-0.05, 0) is 31.2 Å². The van der Waals surface area contributed by atoms with Crippen LogP contribution in [-0.4, -0.2) is 20.4 Å². The van der Waals surface area contributed by atoms with Gasteiger partial charge in [0.25, 0.3) is 15.9 Å². The molecule has 1 aliphatic heterocycles. The van der Waals surface area contributed by atoms with E-state index in [0.717, 1.165) is 12.1 Å². The summed E-state index contributed by atoms with van der Waals surface area (Å²) in [5.74, 6) is -0.796. The summed E-state index contributed by atoms with van der Waals surface area (Å²) in [6.07, 6.45) is -0.774. The Morgan fingerprint density at radius 2 is 1.92 bits per heavy atom. The third kappa shape index (κ3) is 3.51. The Morgan fingerprint density at radius 3 is 2.60 bits per heavy atom. The summed E-state index contributed by atoms with van der Waals surface area (Å²) in [6.45, 7) is 1.53. The van der Waals surface area contributed by atoms with Gasteiger partial charge in [-0.15, -0.1) is 0 Å². The molecule has 3 rings (SSSR count). The SMILES string of the molecule is CC1Oc2cc(S(=O)(=O)Nc3ccc(F)cc3Cl)c(Cl)cc2NC1=O. The molecule has 0 spiro atoms. The topological polar surface area (TPSA) is 84.5 Å². The quantitative estimate of drug-likeness (QED) is 0.817. The molecule has 1 unspecified atom stereocenters. The molecule has 0 aliphatic carbocycles. The van der Waals surface area contributed by atoms with Crippen LogP contribution in [-0.2, 0) is 14.8 Å². The van der Waals surface area contributed by atoms with Crippen molar-refractivity contribution in [2.75, 3.05) is 10.0 Å². The second-order valence-corrected chi connectivity index (χ2v) is 7.72. The maximum atomic E-state index is 13.1. The lowest BCUT2D eigenvalue weighted by molar-refractivity contribution is -0.122. The third-order valence-electron chi connectivity index (χ3n) is 3.43. The first kappa shape index (κ1) is 17.8. The van der Waals surface area contributed by atoms with Crippen molar-refractivity contribution >= 4 is 50.5 Å². The molecule has 1 aliphatic rings. The Bertz CT molecular complexity index is 982. The number of rotatable bonds is 3. The van der Waals surface area contributed by atoms with Gasteiger partial charge in [0.05, 0.1) is 21.4 Å². The van der Waals surface area contributed by atoms with Gasteiger partial charge in [0, 0.05) is 6.07 Å². The molecule has 1 heterocycles. The highest BCUT2D eigenvalue weighted by Gasteiger charge is 2.28. The molecule has 0 radical (unpaired) electrons. The largest absolute Gasteiger partial charge is 0.479 e. The molecule has 2 N–H and O–H groups in total. The number of hydrogen-bond acceptors (Lipinski definition) is 4. The first-order valence-corrected chi connectivity index (χ1v) is 9.20. The number of anilines is 2. The van der Waals surface area contributed by atoms with E-state index < -0.39 is 21.9 Å². The summed E-state index contributed by atoms with van der Waals surface area (Å²) < 4.78 is 45.9. The molecule has 1 amide bonds. The summed E-state index contributed by atoms with van der Waals surface area (Å²) in [4.78, 5) is 11.3. The molecule has 10 heteroatoms. The van der Waals surface area contributed by atoms with Crippen molar-refractivity contribution in [3.05, 3.63) is 46.2 Å². The minimum atomic E-state index is -4.13. The monoisotopic (exact) mass is 404 g/mol. The third-order valence-corrected chi connectivity index (χ3v) is 5.57. The smallest absolute Gasteiger partial charge is 0.265 e. The van der Waals surface area contributed by atoms with Crippen molar-refractivity contribution in [3.8, 4) is 5.75 Å². The van der Waals surface area contributed by atoms with Crippen LogP contribution in [0.1, 0.15) is 6.92 Å². The van der Waals surface area contributed by atoms with Crippen LogP contribution >= 0.6 is 23.2 Å². The van der Waals surface area contributed by atoms with Gasteiger partial charge in [0.2, 0.25) is 0 Å². The lowest BCUT2D eigenvalue weighted by atomic mass is 10.2. The number of sulfonamides is 1. The molecule has 1 atom stereocenters. The molecule has 0 aromatic heterocycles. The Labute approximate surface area is 152 Å². The molecule has 0 saturated heterocycles. The fourth-order valence-corrected chi connectivity index (χ4v) is 4.08. The van der Waals surface area contributed by atoms with E-state index in [4.69, 9.17) is 27.9 Å². The van der Waals surface area contributed by atoms with E-state index in [9.17, 15) is 17.6 Å². The standard InChI is InChI=1S/C15H11Cl2FN2O4S/c1-7-15(21)19-12-5-10(17)14(6-13(12)24-7)25(22,23)20-11-3-2-8(18)4-9(11)16/h2-7,20H,1H3,(H,19,21). The van der Waals surface area contributed by atoms with E-state index in [1.807, 2.05) is 0 Å². The highest BCUT2D eigenvalue weighted by atomic mass is 35.5. The van der Waals surface area contributed by atoms with Gasteiger partial charge in [0.1, 0.15) is 16.5 Å². The van der Waals surface area contributed by atoms with E-state index in [1.165, 1.54) is 25.1 Å². The van der Waals surface area contributed by atoms with Gasteiger partial charge < -0.3 is 10.1 Å². The first-order chi connectivity index (χ1) is 11.7. The molecule has 2 aromatic carbocycles. The van der Waals surface area contributed by atoms with Crippen molar-refractivity contribution in [1.82, 2.24) is 0 Å². The van der Waals surface area contributed by atoms with Crippen LogP contribution in [0.4, 0.5) is 15.8 Å². The highest BCUT2D eigenvalue weighted by Crippen LogP contribution is 2.37. The molecular weight excluding hydrogens is 394 g/mol. The summed E-state index contributed by atoms with van der Waals surface area (Å²) in [6, 6.07) is 5.72. The van der Waals surface area contributed by atoms with E-state index in [2.05, 4.69) is 10.0 Å². The molecule has 25 heavy (non-hydrogen) atoms. The number of carbonyl (C=O) groups is 1. The average Bonchev–Trinajstić information content (AvgIpc) is 2.51. The number of benzene rings is 2. The summed E-state index contributed by atoms with van der Waals surface area (Å²) in [7, 11) is -4.13. The van der Waals surface area contributed by atoms with Gasteiger partial charge in [-0.25, -0.2) is 12.8 Å². The molecule has 0 fully saturated rings. The average molecular weight is 405 g/mol. The van der Waals surface area contributed by atoms with Gasteiger partial charge in [-0.3, -0.25) is 9.52 Å². The Morgan fingerprint density at radius 1 is 1.20 bits per heavy atom. The van der Waals surface area contributed by atoms with Gasteiger partial charge in [-0.2, -0.15) is 0 Å². The number of hydrogen-bond donors (Lipinski definition) is 2. The highest BCUT2D eigenvalue weighted by molar-refractivity contribution is 7.92. The number of fused-ring (bicyclic) bond motifs is 1. The van der Waals surface area contributed by atoms with Crippen molar-refractivity contribution < 1.29 is 22.3 Å². The zero-order valence-corrected chi connectivity index (χ0v) is 15.0. The van der Waals surface area contributed by atoms with Crippen LogP contribution in [0.2, 0.25) is 10.0 Å². The van der Waals surface area contributed by atoms with Gasteiger partial charge in [0.15, 0.2) is 6.10 Å². The molecule has 6 nitrogen and oxygen atoms in total. The number of halogens is 3. The Balaban J connectivity index is 2.00. The van der Waals surface area contributed by atoms with Crippen molar-refractivity contribution in [1.29, 1.82) is 0 Å². The number of carbonyl (C=O) groups excluding carboxylic acids is 1. The fraction of sp³-hybridized carbons (Fsp3) is 0.133. The van der Waals surface area contributed by atoms with Gasteiger partial charge >= 0.3 is 0 Å². The molecule has 132 valence electrons. The zero-order chi connectivity index (χ0) is 18.4. The Hall–Kier alpha value is -2.03. The van der Waals surface area contributed by atoms with E-state index >= 15 is 0 Å².